The van der Waals surface area contributed by atoms with E-state index < -0.39 is 114 Å². The Bertz CT molecular complexity index is 1670. The third kappa shape index (κ3) is 14.1. The van der Waals surface area contributed by atoms with E-state index in [-0.39, 0.29) is 43.1 Å². The number of carbonyl (C=O) groups excluding carboxylic acids is 8. The fraction of sp³-hybridized carbons (Fsp3) is 0.571. The van der Waals surface area contributed by atoms with E-state index in [2.05, 4.69) is 26.6 Å². The SMILES string of the molecule is CC[C@H](C)[C@@H]1NC(=O)[C@H](Cc2ccc(O)cc2)NC(=O)[C@@H](N)CSSC[C@@H](C(=O)N2CCC[C@H]2C(=O)O)NC(=O)[C@H](CC(N)=O)NC(=O)[C@H](CCC(N)=O)NC1=O. The van der Waals surface area contributed by atoms with Gasteiger partial charge in [-0.2, -0.15) is 0 Å². The van der Waals surface area contributed by atoms with Gasteiger partial charge in [0.05, 0.1) is 12.5 Å². The zero-order chi connectivity index (χ0) is 42.4. The summed E-state index contributed by atoms with van der Waals surface area (Å²) in [5, 5.41) is 32.2. The third-order valence-corrected chi connectivity index (χ3v) is 11.9. The molecule has 2 aliphatic rings. The van der Waals surface area contributed by atoms with Crippen LogP contribution >= 0.6 is 21.6 Å². The molecule has 2 heterocycles. The molecule has 314 valence electrons. The van der Waals surface area contributed by atoms with Gasteiger partial charge in [-0.25, -0.2) is 4.79 Å². The zero-order valence-corrected chi connectivity index (χ0v) is 33.2. The molecule has 1 aromatic carbocycles. The molecular weight excluding hydrogens is 787 g/mol. The number of nitrogens with one attached hydrogen (secondary N) is 5. The first-order valence-electron chi connectivity index (χ1n) is 18.3. The summed E-state index contributed by atoms with van der Waals surface area (Å²) in [5.41, 5.74) is 17.5. The van der Waals surface area contributed by atoms with Crippen LogP contribution in [0.3, 0.4) is 0 Å². The van der Waals surface area contributed by atoms with Gasteiger partial charge in [-0.3, -0.25) is 38.4 Å². The first-order chi connectivity index (χ1) is 26.9. The monoisotopic (exact) mass is 837 g/mol. The number of primary amides is 2. The predicted octanol–water partition coefficient (Wildman–Crippen LogP) is -2.66. The van der Waals surface area contributed by atoms with Gasteiger partial charge in [-0.1, -0.05) is 54.0 Å². The van der Waals surface area contributed by atoms with Gasteiger partial charge in [0.1, 0.15) is 42.0 Å². The summed E-state index contributed by atoms with van der Waals surface area (Å²) in [6.45, 7) is 3.50. The number of carboxylic acids is 1. The molecule has 8 amide bonds. The van der Waals surface area contributed by atoms with Crippen LogP contribution in [0, 0.1) is 5.92 Å². The molecular formula is C35H51N9O11S2. The van der Waals surface area contributed by atoms with Crippen molar-refractivity contribution in [2.45, 2.75) is 101 Å². The summed E-state index contributed by atoms with van der Waals surface area (Å²) in [4.78, 5) is 119. The number of carboxylic acid groups (broad SMARTS) is 1. The van der Waals surface area contributed by atoms with Crippen molar-refractivity contribution in [3.63, 3.8) is 0 Å². The molecule has 22 heteroatoms. The number of rotatable bonds is 11. The molecule has 2 aliphatic heterocycles. The van der Waals surface area contributed by atoms with Crippen LogP contribution in [0.5, 0.6) is 5.75 Å². The zero-order valence-electron chi connectivity index (χ0n) is 31.6. The molecule has 2 fully saturated rings. The second-order valence-electron chi connectivity index (χ2n) is 13.9. The van der Waals surface area contributed by atoms with Crippen molar-refractivity contribution >= 4 is 74.8 Å². The van der Waals surface area contributed by atoms with Crippen LogP contribution in [0.1, 0.15) is 57.9 Å². The number of nitrogens with zero attached hydrogens (tertiary/aromatic N) is 1. The van der Waals surface area contributed by atoms with Crippen LogP contribution in [-0.4, -0.2) is 129 Å². The summed E-state index contributed by atoms with van der Waals surface area (Å²) >= 11 is 0. The maximum absolute atomic E-state index is 13.9. The first-order valence-corrected chi connectivity index (χ1v) is 20.8. The highest BCUT2D eigenvalue weighted by Gasteiger charge is 2.40. The van der Waals surface area contributed by atoms with Crippen molar-refractivity contribution in [3.05, 3.63) is 29.8 Å². The van der Waals surface area contributed by atoms with Gasteiger partial charge in [-0.05, 0) is 42.9 Å². The number of likely N-dealkylation sites (tertiary alicyclic amines) is 1. The lowest BCUT2D eigenvalue weighted by Gasteiger charge is -2.30. The largest absolute Gasteiger partial charge is 0.508 e. The fourth-order valence-corrected chi connectivity index (χ4v) is 8.34. The molecule has 2 saturated heterocycles. The Morgan fingerprint density at radius 1 is 0.825 bits per heavy atom. The number of benzene rings is 1. The highest BCUT2D eigenvalue weighted by Crippen LogP contribution is 2.26. The van der Waals surface area contributed by atoms with Crippen molar-refractivity contribution in [1.29, 1.82) is 0 Å². The molecule has 0 bridgehead atoms. The predicted molar refractivity (Wildman–Crippen MR) is 208 cm³/mol. The Labute approximate surface area is 336 Å². The number of phenols is 1. The van der Waals surface area contributed by atoms with E-state index in [1.54, 1.807) is 26.0 Å². The van der Waals surface area contributed by atoms with Crippen LogP contribution in [0.2, 0.25) is 0 Å². The maximum Gasteiger partial charge on any atom is 0.326 e. The number of carbonyl (C=O) groups is 9. The maximum atomic E-state index is 13.9. The Balaban J connectivity index is 2.05. The van der Waals surface area contributed by atoms with Gasteiger partial charge in [0.25, 0.3) is 0 Å². The molecule has 0 aromatic heterocycles. The van der Waals surface area contributed by atoms with Crippen LogP contribution in [0.4, 0.5) is 0 Å². The summed E-state index contributed by atoms with van der Waals surface area (Å²) in [6.07, 6.45) is -0.681. The molecule has 0 unspecified atom stereocenters. The van der Waals surface area contributed by atoms with Crippen molar-refractivity contribution in [1.82, 2.24) is 31.5 Å². The minimum atomic E-state index is -1.70. The second-order valence-corrected chi connectivity index (χ2v) is 16.4. The number of phenolic OH excluding ortho intramolecular Hbond substituents is 1. The first kappa shape index (κ1) is 46.3. The Morgan fingerprint density at radius 2 is 1.42 bits per heavy atom. The number of hydrogen-bond acceptors (Lipinski definition) is 13. The molecule has 0 radical (unpaired) electrons. The Hall–Kier alpha value is -5.09. The van der Waals surface area contributed by atoms with E-state index in [1.165, 1.54) is 12.1 Å². The van der Waals surface area contributed by atoms with Crippen molar-refractivity contribution in [2.75, 3.05) is 18.1 Å². The molecule has 0 spiro atoms. The lowest BCUT2D eigenvalue weighted by Crippen LogP contribution is -2.61. The number of nitrogens with two attached hydrogens (primary N) is 3. The van der Waals surface area contributed by atoms with Crippen LogP contribution in [-0.2, 0) is 49.6 Å². The minimum Gasteiger partial charge on any atom is -0.508 e. The normalized spacial score (nSPS) is 26.5. The number of aromatic hydroxyl groups is 1. The Morgan fingerprint density at radius 3 is 2.04 bits per heavy atom. The van der Waals surface area contributed by atoms with Gasteiger partial charge in [0, 0.05) is 30.9 Å². The van der Waals surface area contributed by atoms with E-state index in [4.69, 9.17) is 17.2 Å². The van der Waals surface area contributed by atoms with Gasteiger partial charge < -0.3 is 58.9 Å². The number of aliphatic carboxylic acids is 1. The Kier molecular flexibility index (Phi) is 17.9. The van der Waals surface area contributed by atoms with E-state index in [0.29, 0.717) is 18.4 Å². The molecule has 1 aromatic rings. The van der Waals surface area contributed by atoms with Crippen LogP contribution < -0.4 is 43.8 Å². The van der Waals surface area contributed by atoms with Crippen LogP contribution in [0.25, 0.3) is 0 Å². The molecule has 0 aliphatic carbocycles. The average Bonchev–Trinajstić information content (AvgIpc) is 3.66. The molecule has 3 rings (SSSR count). The molecule has 8 atom stereocenters. The smallest absolute Gasteiger partial charge is 0.326 e. The summed E-state index contributed by atoms with van der Waals surface area (Å²) < 4.78 is 0. The lowest BCUT2D eigenvalue weighted by molar-refractivity contribution is -0.149. The summed E-state index contributed by atoms with van der Waals surface area (Å²) in [6, 6.07) is -3.69. The topological polar surface area (TPSA) is 336 Å². The molecule has 20 nitrogen and oxygen atoms in total. The molecule has 13 N–H and O–H groups in total. The summed E-state index contributed by atoms with van der Waals surface area (Å²) in [7, 11) is 2.08. The van der Waals surface area contributed by atoms with Gasteiger partial charge in [0.2, 0.25) is 47.3 Å². The van der Waals surface area contributed by atoms with Gasteiger partial charge in [0.15, 0.2) is 0 Å². The van der Waals surface area contributed by atoms with E-state index in [9.17, 15) is 53.4 Å². The third-order valence-electron chi connectivity index (χ3n) is 9.49. The van der Waals surface area contributed by atoms with Crippen molar-refractivity contribution in [3.8, 4) is 5.75 Å². The van der Waals surface area contributed by atoms with E-state index >= 15 is 0 Å². The quantitative estimate of drug-likeness (QED) is 0.102. The fourth-order valence-electron chi connectivity index (χ4n) is 6.06. The average molecular weight is 838 g/mol. The standard InChI is InChI=1S/C35H51N9O11S2/c1-3-17(2)28-33(52)39-21(10-11-26(37)46)30(49)41-23(14-27(38)47)31(50)42-24(34(53)44-12-4-5-25(44)35(54)55)16-57-56-15-20(36)29(48)40-22(32(51)43-28)13-18-6-8-19(45)9-7-18/h6-9,17,20-25,28,45H,3-5,10-16,36H2,1-2H3,(H2,37,46)(H2,38,47)(H,39,52)(H,40,48)(H,41,49)(H,42,50)(H,43,51)(H,54,55)/t17-,20-,21-,22-,23-,24-,25-,28-/m0/s1. The van der Waals surface area contributed by atoms with Gasteiger partial charge in [-0.15, -0.1) is 0 Å². The lowest BCUT2D eigenvalue weighted by atomic mass is 9.96. The summed E-state index contributed by atoms with van der Waals surface area (Å²) in [5.74, 6) is -9.09. The molecule has 57 heavy (non-hydrogen) atoms. The van der Waals surface area contributed by atoms with E-state index in [1.807, 2.05) is 0 Å². The van der Waals surface area contributed by atoms with Gasteiger partial charge >= 0.3 is 5.97 Å². The van der Waals surface area contributed by atoms with Crippen molar-refractivity contribution in [2.24, 2.45) is 23.1 Å². The highest BCUT2D eigenvalue weighted by atomic mass is 33.1. The molecule has 0 saturated carbocycles. The number of hydrogen-bond donors (Lipinski definition) is 10. The minimum absolute atomic E-state index is 0.0324. The second kappa shape index (κ2) is 22.0. The van der Waals surface area contributed by atoms with Crippen molar-refractivity contribution < 1.29 is 53.4 Å². The van der Waals surface area contributed by atoms with E-state index in [0.717, 1.165) is 26.5 Å². The highest BCUT2D eigenvalue weighted by molar-refractivity contribution is 8.76. The van der Waals surface area contributed by atoms with Crippen LogP contribution in [0.15, 0.2) is 24.3 Å². The number of amides is 8.